The van der Waals surface area contributed by atoms with E-state index in [1.807, 2.05) is 13.8 Å². The molecular formula is C20H17N3O4S. The number of benzene rings is 1. The molecule has 0 fully saturated rings. The van der Waals surface area contributed by atoms with Crippen molar-refractivity contribution in [1.29, 1.82) is 5.26 Å². The number of phenols is 1. The summed E-state index contributed by atoms with van der Waals surface area (Å²) in [5, 5.41) is 32.6. The molecule has 2 aromatic heterocycles. The van der Waals surface area contributed by atoms with E-state index in [4.69, 9.17) is 4.42 Å². The normalized spacial score (nSPS) is 13.8. The summed E-state index contributed by atoms with van der Waals surface area (Å²) in [5.41, 5.74) is 2.56. The first kappa shape index (κ1) is 18.2. The van der Waals surface area contributed by atoms with Gasteiger partial charge in [-0.2, -0.15) is 5.26 Å². The van der Waals surface area contributed by atoms with Gasteiger partial charge in [-0.3, -0.25) is 10.1 Å². The maximum atomic E-state index is 11.4. The molecule has 0 spiro atoms. The number of furan rings is 1. The average molecular weight is 395 g/mol. The van der Waals surface area contributed by atoms with E-state index < -0.39 is 16.4 Å². The maximum absolute atomic E-state index is 11.4. The Labute approximate surface area is 164 Å². The minimum atomic E-state index is -0.631. The molecule has 1 aliphatic carbocycles. The monoisotopic (exact) mass is 395 g/mol. The lowest BCUT2D eigenvalue weighted by atomic mass is 9.93. The van der Waals surface area contributed by atoms with Gasteiger partial charge in [0.1, 0.15) is 22.4 Å². The molecule has 4 rings (SSSR count). The minimum absolute atomic E-state index is 0.267. The van der Waals surface area contributed by atoms with Crippen molar-refractivity contribution in [3.05, 3.63) is 49.1 Å². The van der Waals surface area contributed by atoms with Crippen molar-refractivity contribution in [1.82, 2.24) is 0 Å². The lowest BCUT2D eigenvalue weighted by Gasteiger charge is -2.09. The summed E-state index contributed by atoms with van der Waals surface area (Å²) in [5.74, 6) is 0.384. The van der Waals surface area contributed by atoms with Crippen LogP contribution in [0.25, 0.3) is 11.0 Å². The fraction of sp³-hybridized carbons (Fsp3) is 0.300. The van der Waals surface area contributed by atoms with Crippen molar-refractivity contribution in [3.8, 4) is 11.8 Å². The number of nitro benzene ring substituents is 1. The van der Waals surface area contributed by atoms with E-state index in [9.17, 15) is 20.5 Å². The molecule has 142 valence electrons. The summed E-state index contributed by atoms with van der Waals surface area (Å²) < 4.78 is 5.87. The molecular weight excluding hydrogens is 378 g/mol. The van der Waals surface area contributed by atoms with E-state index >= 15 is 0 Å². The Balaban J connectivity index is 1.96. The second-order valence-corrected chi connectivity index (χ2v) is 8.04. The van der Waals surface area contributed by atoms with Gasteiger partial charge in [0.15, 0.2) is 0 Å². The van der Waals surface area contributed by atoms with Crippen LogP contribution < -0.4 is 0 Å². The average Bonchev–Trinajstić information content (AvgIpc) is 3.17. The molecule has 0 bridgehead atoms. The summed E-state index contributed by atoms with van der Waals surface area (Å²) in [6.45, 7) is 3.77. The van der Waals surface area contributed by atoms with Crippen molar-refractivity contribution in [2.45, 2.75) is 39.5 Å². The van der Waals surface area contributed by atoms with E-state index in [1.165, 1.54) is 23.6 Å². The van der Waals surface area contributed by atoms with Crippen molar-refractivity contribution in [2.24, 2.45) is 4.99 Å². The number of nitriles is 1. The zero-order valence-corrected chi connectivity index (χ0v) is 16.2. The van der Waals surface area contributed by atoms with Gasteiger partial charge in [0.2, 0.25) is 5.75 Å². The van der Waals surface area contributed by atoms with E-state index in [2.05, 4.69) is 11.1 Å². The van der Waals surface area contributed by atoms with Crippen molar-refractivity contribution >= 4 is 39.2 Å². The number of aromatic hydroxyl groups is 1. The fourth-order valence-corrected chi connectivity index (χ4v) is 4.60. The Morgan fingerprint density at radius 1 is 1.39 bits per heavy atom. The Morgan fingerprint density at radius 3 is 2.86 bits per heavy atom. The molecule has 0 amide bonds. The van der Waals surface area contributed by atoms with Crippen LogP contribution in [-0.2, 0) is 12.8 Å². The molecule has 1 aromatic carbocycles. The zero-order chi connectivity index (χ0) is 20.0. The number of aryl methyl sites for hydroxylation is 3. The molecule has 3 aromatic rings. The van der Waals surface area contributed by atoms with E-state index in [1.54, 1.807) is 0 Å². The third-order valence-electron chi connectivity index (χ3n) is 5.22. The first-order chi connectivity index (χ1) is 13.4. The molecule has 8 heteroatoms. The maximum Gasteiger partial charge on any atom is 0.315 e. The number of hydrogen-bond acceptors (Lipinski definition) is 7. The molecule has 0 unspecified atom stereocenters. The van der Waals surface area contributed by atoms with Gasteiger partial charge >= 0.3 is 5.69 Å². The lowest BCUT2D eigenvalue weighted by molar-refractivity contribution is -0.385. The van der Waals surface area contributed by atoms with Crippen LogP contribution >= 0.6 is 11.3 Å². The van der Waals surface area contributed by atoms with Crippen LogP contribution in [0.15, 0.2) is 15.5 Å². The smallest absolute Gasteiger partial charge is 0.315 e. The number of rotatable bonds is 3. The molecule has 0 saturated heterocycles. The first-order valence-electron chi connectivity index (χ1n) is 8.91. The highest BCUT2D eigenvalue weighted by Gasteiger charge is 2.27. The Hall–Kier alpha value is -3.18. The third kappa shape index (κ3) is 2.75. The summed E-state index contributed by atoms with van der Waals surface area (Å²) in [6, 6.07) is 3.43. The quantitative estimate of drug-likeness (QED) is 0.371. The number of nitrogens with zero attached hydrogens (tertiary/aromatic N) is 3. The number of aliphatic imine (C=N–C) groups is 1. The number of thiophene rings is 1. The highest BCUT2D eigenvalue weighted by molar-refractivity contribution is 7.16. The van der Waals surface area contributed by atoms with E-state index in [0.29, 0.717) is 21.5 Å². The van der Waals surface area contributed by atoms with Gasteiger partial charge in [0, 0.05) is 28.5 Å². The van der Waals surface area contributed by atoms with Gasteiger partial charge in [0.05, 0.1) is 22.1 Å². The van der Waals surface area contributed by atoms with Crippen LogP contribution in [-0.4, -0.2) is 16.2 Å². The van der Waals surface area contributed by atoms with Crippen LogP contribution in [0.4, 0.5) is 10.7 Å². The molecule has 0 aliphatic heterocycles. The summed E-state index contributed by atoms with van der Waals surface area (Å²) >= 11 is 1.38. The van der Waals surface area contributed by atoms with Gasteiger partial charge < -0.3 is 9.52 Å². The minimum Gasteiger partial charge on any atom is -0.502 e. The van der Waals surface area contributed by atoms with E-state index in [-0.39, 0.29) is 5.56 Å². The van der Waals surface area contributed by atoms with Crippen molar-refractivity contribution in [2.75, 3.05) is 0 Å². The van der Waals surface area contributed by atoms with Crippen molar-refractivity contribution in [3.63, 3.8) is 0 Å². The molecule has 1 N–H and O–H groups in total. The molecule has 0 radical (unpaired) electrons. The summed E-state index contributed by atoms with van der Waals surface area (Å²) in [6.07, 6.45) is 4.99. The Bertz CT molecular complexity index is 1200. The lowest BCUT2D eigenvalue weighted by Crippen LogP contribution is -2.00. The summed E-state index contributed by atoms with van der Waals surface area (Å²) in [7, 11) is 0. The predicted molar refractivity (Wildman–Crippen MR) is 107 cm³/mol. The SMILES string of the molecule is Cc1sc(N=Cc2c(O)c([N+](=O)[O-])cc3oc4c(c23)CCCC4)c(C#N)c1C. The number of hydrogen-bond donors (Lipinski definition) is 1. The van der Waals surface area contributed by atoms with Gasteiger partial charge in [-0.15, -0.1) is 11.3 Å². The van der Waals surface area contributed by atoms with Gasteiger partial charge in [-0.05, 0) is 38.7 Å². The standard InChI is InChI=1S/C20H17N3O4S/c1-10-11(2)28-20(13(10)8-21)22-9-14-18-12-5-3-4-6-16(12)27-17(18)7-15(19(14)24)23(25)26/h7,9,24H,3-6H2,1-2H3. The predicted octanol–water partition coefficient (Wildman–Crippen LogP) is 5.23. The second kappa shape index (κ2) is 6.77. The molecule has 0 atom stereocenters. The summed E-state index contributed by atoms with van der Waals surface area (Å²) in [4.78, 5) is 16.2. The van der Waals surface area contributed by atoms with Gasteiger partial charge in [-0.25, -0.2) is 4.99 Å². The van der Waals surface area contributed by atoms with Crippen molar-refractivity contribution < 1.29 is 14.4 Å². The highest BCUT2D eigenvalue weighted by atomic mass is 32.1. The van der Waals surface area contributed by atoms with Gasteiger partial charge in [-0.1, -0.05) is 0 Å². The number of phenolic OH excluding ortho intramolecular Hbond substituents is 1. The van der Waals surface area contributed by atoms with Crippen LogP contribution in [0.5, 0.6) is 5.75 Å². The highest BCUT2D eigenvalue weighted by Crippen LogP contribution is 2.42. The zero-order valence-electron chi connectivity index (χ0n) is 15.4. The van der Waals surface area contributed by atoms with Crippen LogP contribution in [0.3, 0.4) is 0 Å². The topological polar surface area (TPSA) is 113 Å². The fourth-order valence-electron chi connectivity index (χ4n) is 3.65. The molecule has 7 nitrogen and oxygen atoms in total. The Morgan fingerprint density at radius 2 is 2.14 bits per heavy atom. The second-order valence-electron chi connectivity index (χ2n) is 6.83. The number of nitro groups is 1. The molecule has 1 aliphatic rings. The molecule has 28 heavy (non-hydrogen) atoms. The molecule has 0 saturated carbocycles. The van der Waals surface area contributed by atoms with E-state index in [0.717, 1.165) is 47.4 Å². The number of fused-ring (bicyclic) bond motifs is 3. The largest absolute Gasteiger partial charge is 0.502 e. The van der Waals surface area contributed by atoms with Crippen LogP contribution in [0, 0.1) is 35.3 Å². The van der Waals surface area contributed by atoms with Crippen LogP contribution in [0.1, 0.15) is 45.7 Å². The van der Waals surface area contributed by atoms with Gasteiger partial charge in [0.25, 0.3) is 0 Å². The van der Waals surface area contributed by atoms with Crippen LogP contribution in [0.2, 0.25) is 0 Å². The third-order valence-corrected chi connectivity index (χ3v) is 6.33. The Kier molecular flexibility index (Phi) is 4.40. The molecule has 2 heterocycles. The first-order valence-corrected chi connectivity index (χ1v) is 9.72.